The van der Waals surface area contributed by atoms with Gasteiger partial charge in [0.05, 0.1) is 5.92 Å². The second-order valence-electron chi connectivity index (χ2n) is 6.52. The fraction of sp³-hybridized carbons (Fsp3) is 0.350. The van der Waals surface area contributed by atoms with Gasteiger partial charge in [-0.2, -0.15) is 0 Å². The minimum Gasteiger partial charge on any atom is -0.399 e. The number of carbonyl (C=O) groups excluding carboxylic acids is 1. The van der Waals surface area contributed by atoms with Crippen molar-refractivity contribution in [2.75, 3.05) is 5.73 Å². The summed E-state index contributed by atoms with van der Waals surface area (Å²) in [4.78, 5) is 12.3. The molecule has 122 valence electrons. The second kappa shape index (κ2) is 7.82. The highest BCUT2D eigenvalue weighted by Gasteiger charge is 2.14. The van der Waals surface area contributed by atoms with Crippen LogP contribution in [0.25, 0.3) is 0 Å². The lowest BCUT2D eigenvalue weighted by Gasteiger charge is -2.14. The summed E-state index contributed by atoms with van der Waals surface area (Å²) in [6, 6.07) is 15.9. The van der Waals surface area contributed by atoms with Crippen molar-refractivity contribution in [1.29, 1.82) is 0 Å². The Morgan fingerprint density at radius 2 is 1.52 bits per heavy atom. The average Bonchev–Trinajstić information content (AvgIpc) is 2.53. The molecule has 2 aromatic rings. The third-order valence-electron chi connectivity index (χ3n) is 3.96. The summed E-state index contributed by atoms with van der Waals surface area (Å²) < 4.78 is 0. The van der Waals surface area contributed by atoms with Gasteiger partial charge in [0.1, 0.15) is 0 Å². The number of nitrogens with two attached hydrogens (primary N) is 1. The van der Waals surface area contributed by atoms with Crippen LogP contribution >= 0.6 is 0 Å². The van der Waals surface area contributed by atoms with E-state index in [-0.39, 0.29) is 11.8 Å². The molecule has 23 heavy (non-hydrogen) atoms. The highest BCUT2D eigenvalue weighted by molar-refractivity contribution is 5.83. The quantitative estimate of drug-likeness (QED) is 0.795. The first kappa shape index (κ1) is 17.1. The Hall–Kier alpha value is -2.29. The molecule has 1 unspecified atom stereocenters. The number of amides is 1. The molecule has 0 aliphatic rings. The SMILES string of the molecule is CC(C)Cc1ccc(C(C)C(=O)NCc2ccc(N)cc2)cc1. The van der Waals surface area contributed by atoms with Crippen LogP contribution in [0, 0.1) is 5.92 Å². The molecule has 1 atom stereocenters. The largest absolute Gasteiger partial charge is 0.399 e. The minimum absolute atomic E-state index is 0.0402. The maximum atomic E-state index is 12.3. The van der Waals surface area contributed by atoms with Crippen molar-refractivity contribution in [3.05, 3.63) is 65.2 Å². The monoisotopic (exact) mass is 310 g/mol. The summed E-state index contributed by atoms with van der Waals surface area (Å²) in [7, 11) is 0. The lowest BCUT2D eigenvalue weighted by atomic mass is 9.96. The first-order chi connectivity index (χ1) is 11.0. The Balaban J connectivity index is 1.92. The molecule has 0 spiro atoms. The molecule has 0 heterocycles. The standard InChI is InChI=1S/C20H26N2O/c1-14(2)12-16-4-8-18(9-5-16)15(3)20(23)22-13-17-6-10-19(21)11-7-17/h4-11,14-15H,12-13,21H2,1-3H3,(H,22,23). The molecule has 0 aromatic heterocycles. The number of carbonyl (C=O) groups is 1. The van der Waals surface area contributed by atoms with Gasteiger partial charge in [0, 0.05) is 12.2 Å². The summed E-state index contributed by atoms with van der Waals surface area (Å²) in [5, 5.41) is 2.98. The molecule has 3 nitrogen and oxygen atoms in total. The van der Waals surface area contributed by atoms with E-state index >= 15 is 0 Å². The van der Waals surface area contributed by atoms with E-state index in [0.29, 0.717) is 12.5 Å². The molecule has 0 aliphatic carbocycles. The fourth-order valence-electron chi connectivity index (χ4n) is 2.54. The van der Waals surface area contributed by atoms with E-state index in [1.807, 2.05) is 31.2 Å². The van der Waals surface area contributed by atoms with Crippen molar-refractivity contribution in [1.82, 2.24) is 5.32 Å². The molecule has 0 aliphatic heterocycles. The van der Waals surface area contributed by atoms with E-state index in [4.69, 9.17) is 5.73 Å². The summed E-state index contributed by atoms with van der Waals surface area (Å²) >= 11 is 0. The minimum atomic E-state index is -0.156. The second-order valence-corrected chi connectivity index (χ2v) is 6.52. The number of anilines is 1. The number of nitrogens with one attached hydrogen (secondary N) is 1. The number of hydrogen-bond donors (Lipinski definition) is 2. The highest BCUT2D eigenvalue weighted by Crippen LogP contribution is 2.18. The Bertz CT molecular complexity index is 630. The third-order valence-corrected chi connectivity index (χ3v) is 3.96. The molecule has 2 aromatic carbocycles. The number of rotatable bonds is 6. The first-order valence-electron chi connectivity index (χ1n) is 8.16. The van der Waals surface area contributed by atoms with Crippen molar-refractivity contribution in [2.24, 2.45) is 5.92 Å². The van der Waals surface area contributed by atoms with Gasteiger partial charge in [0.2, 0.25) is 5.91 Å². The lowest BCUT2D eigenvalue weighted by Crippen LogP contribution is -2.27. The molecule has 0 saturated heterocycles. The van der Waals surface area contributed by atoms with Crippen LogP contribution in [0.15, 0.2) is 48.5 Å². The van der Waals surface area contributed by atoms with Crippen LogP contribution in [0.4, 0.5) is 5.69 Å². The predicted octanol–water partition coefficient (Wildman–Crippen LogP) is 3.89. The summed E-state index contributed by atoms with van der Waals surface area (Å²) in [5.74, 6) is 0.525. The van der Waals surface area contributed by atoms with Gasteiger partial charge >= 0.3 is 0 Å². The number of nitrogen functional groups attached to an aromatic ring is 1. The van der Waals surface area contributed by atoms with Crippen molar-refractivity contribution in [2.45, 2.75) is 39.7 Å². The van der Waals surface area contributed by atoms with Crippen LogP contribution in [0.5, 0.6) is 0 Å². The van der Waals surface area contributed by atoms with E-state index in [1.54, 1.807) is 0 Å². The van der Waals surface area contributed by atoms with Crippen molar-refractivity contribution in [3.63, 3.8) is 0 Å². The zero-order valence-electron chi connectivity index (χ0n) is 14.2. The van der Waals surface area contributed by atoms with Gasteiger partial charge in [0.25, 0.3) is 0 Å². The molecular weight excluding hydrogens is 284 g/mol. The van der Waals surface area contributed by atoms with Gasteiger partial charge in [-0.25, -0.2) is 0 Å². The van der Waals surface area contributed by atoms with Crippen LogP contribution in [0.2, 0.25) is 0 Å². The van der Waals surface area contributed by atoms with Gasteiger partial charge in [-0.15, -0.1) is 0 Å². The first-order valence-corrected chi connectivity index (χ1v) is 8.16. The molecule has 0 fully saturated rings. The maximum Gasteiger partial charge on any atom is 0.227 e. The summed E-state index contributed by atoms with van der Waals surface area (Å²) in [6.45, 7) is 6.88. The van der Waals surface area contributed by atoms with E-state index in [1.165, 1.54) is 5.56 Å². The van der Waals surface area contributed by atoms with Crippen molar-refractivity contribution < 1.29 is 4.79 Å². The normalized spacial score (nSPS) is 12.2. The highest BCUT2D eigenvalue weighted by atomic mass is 16.1. The Morgan fingerprint density at radius 1 is 0.957 bits per heavy atom. The van der Waals surface area contributed by atoms with E-state index in [9.17, 15) is 4.79 Å². The Labute approximate surface area is 138 Å². The number of benzene rings is 2. The average molecular weight is 310 g/mol. The zero-order chi connectivity index (χ0) is 16.8. The van der Waals surface area contributed by atoms with Crippen molar-refractivity contribution in [3.8, 4) is 0 Å². The molecule has 0 bridgehead atoms. The van der Waals surface area contributed by atoms with Crippen LogP contribution < -0.4 is 11.1 Å². The van der Waals surface area contributed by atoms with Gasteiger partial charge < -0.3 is 11.1 Å². The fourth-order valence-corrected chi connectivity index (χ4v) is 2.54. The van der Waals surface area contributed by atoms with E-state index < -0.39 is 0 Å². The molecule has 0 radical (unpaired) electrons. The molecule has 1 amide bonds. The lowest BCUT2D eigenvalue weighted by molar-refractivity contribution is -0.122. The molecular formula is C20H26N2O. The van der Waals surface area contributed by atoms with Gasteiger partial charge in [0.15, 0.2) is 0 Å². The maximum absolute atomic E-state index is 12.3. The van der Waals surface area contributed by atoms with E-state index in [2.05, 4.69) is 43.4 Å². The zero-order valence-corrected chi connectivity index (χ0v) is 14.2. The number of hydrogen-bond acceptors (Lipinski definition) is 2. The smallest absolute Gasteiger partial charge is 0.227 e. The third kappa shape index (κ3) is 5.13. The van der Waals surface area contributed by atoms with Gasteiger partial charge in [-0.05, 0) is 48.1 Å². The van der Waals surface area contributed by atoms with Crippen molar-refractivity contribution >= 4 is 11.6 Å². The van der Waals surface area contributed by atoms with Gasteiger partial charge in [-0.1, -0.05) is 50.2 Å². The van der Waals surface area contributed by atoms with Crippen LogP contribution in [-0.4, -0.2) is 5.91 Å². The molecule has 3 N–H and O–H groups in total. The van der Waals surface area contributed by atoms with E-state index in [0.717, 1.165) is 23.2 Å². The Kier molecular flexibility index (Phi) is 5.80. The Morgan fingerprint density at radius 3 is 2.09 bits per heavy atom. The van der Waals surface area contributed by atoms with Crippen LogP contribution in [0.3, 0.4) is 0 Å². The summed E-state index contributed by atoms with van der Waals surface area (Å²) in [6.07, 6.45) is 1.07. The molecule has 2 rings (SSSR count). The topological polar surface area (TPSA) is 55.1 Å². The molecule has 3 heteroatoms. The predicted molar refractivity (Wildman–Crippen MR) is 96.1 cm³/mol. The van der Waals surface area contributed by atoms with Gasteiger partial charge in [-0.3, -0.25) is 4.79 Å². The molecule has 0 saturated carbocycles. The summed E-state index contributed by atoms with van der Waals surface area (Å²) in [5.41, 5.74) is 9.81. The van der Waals surface area contributed by atoms with Crippen LogP contribution in [-0.2, 0) is 17.8 Å². The van der Waals surface area contributed by atoms with Crippen LogP contribution in [0.1, 0.15) is 43.4 Å².